The van der Waals surface area contributed by atoms with Gasteiger partial charge in [0.1, 0.15) is 13.2 Å². The van der Waals surface area contributed by atoms with Crippen LogP contribution in [0.15, 0.2) is 46.9 Å². The van der Waals surface area contributed by atoms with Gasteiger partial charge in [0.25, 0.3) is 0 Å². The Kier molecular flexibility index (Phi) is 5.46. The number of carbonyl (C=O) groups is 1. The summed E-state index contributed by atoms with van der Waals surface area (Å²) in [6, 6.07) is 13.6. The molecule has 0 radical (unpaired) electrons. The van der Waals surface area contributed by atoms with Crippen molar-refractivity contribution in [3.8, 4) is 11.5 Å². The second-order valence-corrected chi connectivity index (χ2v) is 6.93. The van der Waals surface area contributed by atoms with Gasteiger partial charge in [-0.1, -0.05) is 28.1 Å². The zero-order valence-electron chi connectivity index (χ0n) is 12.4. The van der Waals surface area contributed by atoms with E-state index in [-0.39, 0.29) is 5.91 Å². The number of fused-ring (bicyclic) bond motifs is 1. The van der Waals surface area contributed by atoms with Gasteiger partial charge in [0.15, 0.2) is 11.5 Å². The first kappa shape index (κ1) is 16.2. The number of amides is 1. The molecule has 3 rings (SSSR count). The predicted octanol–water partition coefficient (Wildman–Crippen LogP) is 4.09. The fourth-order valence-corrected chi connectivity index (χ4v) is 3.21. The summed E-state index contributed by atoms with van der Waals surface area (Å²) in [5, 5.41) is 2.88. The zero-order chi connectivity index (χ0) is 16.1. The predicted molar refractivity (Wildman–Crippen MR) is 96.4 cm³/mol. The topological polar surface area (TPSA) is 47.6 Å². The van der Waals surface area contributed by atoms with Crippen molar-refractivity contribution >= 4 is 39.3 Å². The third kappa shape index (κ3) is 4.65. The molecule has 1 amide bonds. The molecule has 2 aromatic carbocycles. The molecule has 2 aromatic rings. The molecule has 0 bridgehead atoms. The van der Waals surface area contributed by atoms with Crippen molar-refractivity contribution in [2.45, 2.75) is 5.75 Å². The normalized spacial score (nSPS) is 12.7. The summed E-state index contributed by atoms with van der Waals surface area (Å²) in [6.45, 7) is 1.10. The minimum Gasteiger partial charge on any atom is -0.486 e. The molecule has 0 aromatic heterocycles. The maximum absolute atomic E-state index is 12.0. The van der Waals surface area contributed by atoms with Gasteiger partial charge in [-0.25, -0.2) is 0 Å². The molecule has 0 saturated carbocycles. The lowest BCUT2D eigenvalue weighted by Gasteiger charge is -2.19. The molecule has 0 aliphatic carbocycles. The SMILES string of the molecule is O=C(CSCc1ccc(Br)cc1)Nc1ccc2c(c1)OCCO2. The van der Waals surface area contributed by atoms with E-state index in [2.05, 4.69) is 33.4 Å². The Hall–Kier alpha value is -1.66. The fourth-order valence-electron chi connectivity index (χ4n) is 2.16. The van der Waals surface area contributed by atoms with Crippen molar-refractivity contribution in [2.75, 3.05) is 24.3 Å². The smallest absolute Gasteiger partial charge is 0.234 e. The average Bonchev–Trinajstić information content (AvgIpc) is 2.56. The number of benzene rings is 2. The van der Waals surface area contributed by atoms with Gasteiger partial charge in [0.05, 0.1) is 5.75 Å². The maximum Gasteiger partial charge on any atom is 0.234 e. The summed E-state index contributed by atoms with van der Waals surface area (Å²) in [6.07, 6.45) is 0. The lowest BCUT2D eigenvalue weighted by atomic mass is 10.2. The highest BCUT2D eigenvalue weighted by Crippen LogP contribution is 2.32. The van der Waals surface area contributed by atoms with E-state index in [1.165, 1.54) is 5.56 Å². The lowest BCUT2D eigenvalue weighted by Crippen LogP contribution is -2.17. The van der Waals surface area contributed by atoms with Crippen molar-refractivity contribution in [1.29, 1.82) is 0 Å². The van der Waals surface area contributed by atoms with Gasteiger partial charge in [-0.05, 0) is 29.8 Å². The highest BCUT2D eigenvalue weighted by molar-refractivity contribution is 9.10. The van der Waals surface area contributed by atoms with Crippen LogP contribution < -0.4 is 14.8 Å². The van der Waals surface area contributed by atoms with Crippen LogP contribution in [0, 0.1) is 0 Å². The van der Waals surface area contributed by atoms with Crippen LogP contribution in [0.1, 0.15) is 5.56 Å². The molecule has 4 nitrogen and oxygen atoms in total. The number of halogens is 1. The first-order chi connectivity index (χ1) is 11.2. The molecule has 0 fully saturated rings. The first-order valence-corrected chi connectivity index (χ1v) is 9.17. The number of hydrogen-bond donors (Lipinski definition) is 1. The molecule has 120 valence electrons. The summed E-state index contributed by atoms with van der Waals surface area (Å²) < 4.78 is 12.0. The van der Waals surface area contributed by atoms with E-state index >= 15 is 0 Å². The van der Waals surface area contributed by atoms with E-state index in [4.69, 9.17) is 9.47 Å². The largest absolute Gasteiger partial charge is 0.486 e. The molecule has 1 aliphatic heterocycles. The Morgan fingerprint density at radius 1 is 1.09 bits per heavy atom. The van der Waals surface area contributed by atoms with E-state index in [1.54, 1.807) is 17.8 Å². The van der Waals surface area contributed by atoms with Crippen molar-refractivity contribution in [3.63, 3.8) is 0 Å². The van der Waals surface area contributed by atoms with Gasteiger partial charge in [-0.3, -0.25) is 4.79 Å². The number of nitrogens with one attached hydrogen (secondary N) is 1. The fraction of sp³-hybridized carbons (Fsp3) is 0.235. The summed E-state index contributed by atoms with van der Waals surface area (Å²) >= 11 is 4.99. The molecular formula is C17H16BrNO3S. The molecule has 0 saturated heterocycles. The minimum atomic E-state index is -0.0243. The number of anilines is 1. The van der Waals surface area contributed by atoms with Gasteiger partial charge in [0.2, 0.25) is 5.91 Å². The van der Waals surface area contributed by atoms with Crippen LogP contribution in [0.3, 0.4) is 0 Å². The molecule has 6 heteroatoms. The Bertz CT molecular complexity index is 691. The summed E-state index contributed by atoms with van der Waals surface area (Å²) in [5.41, 5.74) is 1.92. The van der Waals surface area contributed by atoms with E-state index in [0.717, 1.165) is 21.7 Å². The van der Waals surface area contributed by atoms with E-state index < -0.39 is 0 Å². The Morgan fingerprint density at radius 3 is 2.61 bits per heavy atom. The number of thioether (sulfide) groups is 1. The lowest BCUT2D eigenvalue weighted by molar-refractivity contribution is -0.113. The zero-order valence-corrected chi connectivity index (χ0v) is 14.8. The average molecular weight is 394 g/mol. The second-order valence-electron chi connectivity index (χ2n) is 5.03. The van der Waals surface area contributed by atoms with Crippen LogP contribution >= 0.6 is 27.7 Å². The van der Waals surface area contributed by atoms with Crippen LogP contribution in [0.2, 0.25) is 0 Å². The van der Waals surface area contributed by atoms with Gasteiger partial charge in [-0.2, -0.15) is 0 Å². The molecule has 1 aliphatic rings. The quantitative estimate of drug-likeness (QED) is 0.830. The van der Waals surface area contributed by atoms with E-state index in [0.29, 0.717) is 24.7 Å². The summed E-state index contributed by atoms with van der Waals surface area (Å²) in [4.78, 5) is 12.0. The van der Waals surface area contributed by atoms with Crippen molar-refractivity contribution < 1.29 is 14.3 Å². The van der Waals surface area contributed by atoms with Crippen LogP contribution in [0.4, 0.5) is 5.69 Å². The van der Waals surface area contributed by atoms with Crippen LogP contribution in [0.25, 0.3) is 0 Å². The summed E-state index contributed by atoms with van der Waals surface area (Å²) in [7, 11) is 0. The van der Waals surface area contributed by atoms with Gasteiger partial charge in [0, 0.05) is 22.0 Å². The van der Waals surface area contributed by atoms with E-state index in [9.17, 15) is 4.79 Å². The molecule has 0 unspecified atom stereocenters. The monoisotopic (exact) mass is 393 g/mol. The highest BCUT2D eigenvalue weighted by Gasteiger charge is 2.12. The van der Waals surface area contributed by atoms with Crippen LogP contribution in [-0.2, 0) is 10.5 Å². The van der Waals surface area contributed by atoms with Crippen molar-refractivity contribution in [2.24, 2.45) is 0 Å². The molecule has 1 N–H and O–H groups in total. The molecule has 0 spiro atoms. The van der Waals surface area contributed by atoms with Gasteiger partial charge in [-0.15, -0.1) is 11.8 Å². The Balaban J connectivity index is 1.48. The molecule has 1 heterocycles. The Labute approximate surface area is 147 Å². The highest BCUT2D eigenvalue weighted by atomic mass is 79.9. The molecular weight excluding hydrogens is 378 g/mol. The summed E-state index contributed by atoms with van der Waals surface area (Å²) in [5.74, 6) is 2.59. The Morgan fingerprint density at radius 2 is 1.83 bits per heavy atom. The van der Waals surface area contributed by atoms with Crippen molar-refractivity contribution in [3.05, 3.63) is 52.5 Å². The number of carbonyl (C=O) groups excluding carboxylic acids is 1. The van der Waals surface area contributed by atoms with Crippen LogP contribution in [-0.4, -0.2) is 24.9 Å². The third-order valence-electron chi connectivity index (χ3n) is 3.24. The number of ether oxygens (including phenoxy) is 2. The van der Waals surface area contributed by atoms with Crippen molar-refractivity contribution in [1.82, 2.24) is 0 Å². The molecule has 0 atom stereocenters. The maximum atomic E-state index is 12.0. The first-order valence-electron chi connectivity index (χ1n) is 7.22. The third-order valence-corrected chi connectivity index (χ3v) is 4.77. The number of hydrogen-bond acceptors (Lipinski definition) is 4. The van der Waals surface area contributed by atoms with Crippen LogP contribution in [0.5, 0.6) is 11.5 Å². The minimum absolute atomic E-state index is 0.0243. The van der Waals surface area contributed by atoms with Gasteiger partial charge >= 0.3 is 0 Å². The molecule has 23 heavy (non-hydrogen) atoms. The number of rotatable bonds is 5. The standard InChI is InChI=1S/C17H16BrNO3S/c18-13-3-1-12(2-4-13)10-23-11-17(20)19-14-5-6-15-16(9-14)22-8-7-21-15/h1-6,9H,7-8,10-11H2,(H,19,20). The van der Waals surface area contributed by atoms with E-state index in [1.807, 2.05) is 24.3 Å². The van der Waals surface area contributed by atoms with Gasteiger partial charge < -0.3 is 14.8 Å². The second kappa shape index (κ2) is 7.75.